The molecule has 0 bridgehead atoms. The highest BCUT2D eigenvalue weighted by Gasteiger charge is 2.20. The first-order valence-electron chi connectivity index (χ1n) is 5.13. The average molecular weight is 270 g/mol. The number of hydrogen-bond acceptors (Lipinski definition) is 3. The van der Waals surface area contributed by atoms with Gasteiger partial charge < -0.3 is 5.11 Å². The molecule has 0 atom stereocenters. The molecule has 0 aliphatic carbocycles. The van der Waals surface area contributed by atoms with Crippen molar-refractivity contribution in [3.63, 3.8) is 0 Å². The van der Waals surface area contributed by atoms with Crippen LogP contribution in [-0.4, -0.2) is 16.1 Å². The Bertz CT molecular complexity index is 598. The zero-order chi connectivity index (χ0) is 12.8. The Morgan fingerprint density at radius 3 is 2.59 bits per heavy atom. The molecule has 17 heavy (non-hydrogen) atoms. The number of fused-ring (bicyclic) bond motifs is 1. The molecule has 1 heterocycles. The van der Waals surface area contributed by atoms with Gasteiger partial charge in [-0.15, -0.1) is 11.3 Å². The molecular formula is C12H12ClNO2S. The van der Waals surface area contributed by atoms with Gasteiger partial charge in [0.1, 0.15) is 5.52 Å². The molecule has 0 saturated carbocycles. The summed E-state index contributed by atoms with van der Waals surface area (Å²) in [5.41, 5.74) is 0.828. The highest BCUT2D eigenvalue weighted by molar-refractivity contribution is 7.18. The van der Waals surface area contributed by atoms with E-state index in [1.54, 1.807) is 6.07 Å². The number of carboxylic acids is 1. The van der Waals surface area contributed by atoms with E-state index < -0.39 is 5.97 Å². The maximum Gasteiger partial charge on any atom is 0.335 e. The lowest BCUT2D eigenvalue weighted by molar-refractivity contribution is 0.0697. The van der Waals surface area contributed by atoms with Gasteiger partial charge in [0.2, 0.25) is 0 Å². The summed E-state index contributed by atoms with van der Waals surface area (Å²) in [5.74, 6) is -0.973. The van der Waals surface area contributed by atoms with Crippen LogP contribution in [0.1, 0.15) is 36.1 Å². The fraction of sp³-hybridized carbons (Fsp3) is 0.333. The van der Waals surface area contributed by atoms with Crippen LogP contribution in [0.5, 0.6) is 0 Å². The SMILES string of the molecule is CC(C)(C)c1nc2c(Cl)cc(C(=O)O)cc2s1. The minimum atomic E-state index is -0.973. The first-order chi connectivity index (χ1) is 7.79. The number of aromatic nitrogens is 1. The van der Waals surface area contributed by atoms with Gasteiger partial charge in [0, 0.05) is 5.41 Å². The standard InChI is InChI=1S/C12H12ClNO2S/c1-12(2,3)11-14-9-7(13)4-6(10(15)16)5-8(9)17-11/h4-5H,1-3H3,(H,15,16). The third kappa shape index (κ3) is 2.28. The predicted molar refractivity (Wildman–Crippen MR) is 70.3 cm³/mol. The summed E-state index contributed by atoms with van der Waals surface area (Å²) in [6.45, 7) is 6.20. The van der Waals surface area contributed by atoms with Crippen molar-refractivity contribution < 1.29 is 9.90 Å². The van der Waals surface area contributed by atoms with Crippen LogP contribution in [0, 0.1) is 0 Å². The number of carboxylic acid groups (broad SMARTS) is 1. The molecule has 0 spiro atoms. The van der Waals surface area contributed by atoms with E-state index in [0.29, 0.717) is 10.5 Å². The van der Waals surface area contributed by atoms with E-state index >= 15 is 0 Å². The zero-order valence-corrected chi connectivity index (χ0v) is 11.3. The van der Waals surface area contributed by atoms with Crippen molar-refractivity contribution in [3.05, 3.63) is 27.7 Å². The van der Waals surface area contributed by atoms with Crippen LogP contribution in [0.2, 0.25) is 5.02 Å². The third-order valence-electron chi connectivity index (χ3n) is 2.34. The molecule has 1 aromatic carbocycles. The maximum atomic E-state index is 10.9. The molecule has 90 valence electrons. The normalized spacial score (nSPS) is 12.0. The van der Waals surface area contributed by atoms with E-state index in [1.165, 1.54) is 17.4 Å². The fourth-order valence-electron chi connectivity index (χ4n) is 1.43. The lowest BCUT2D eigenvalue weighted by atomic mass is 9.98. The van der Waals surface area contributed by atoms with E-state index in [1.807, 2.05) is 0 Å². The average Bonchev–Trinajstić information content (AvgIpc) is 2.60. The Labute approximate surface area is 108 Å². The van der Waals surface area contributed by atoms with E-state index in [2.05, 4.69) is 25.8 Å². The van der Waals surface area contributed by atoms with Crippen LogP contribution >= 0.6 is 22.9 Å². The number of benzene rings is 1. The number of aromatic carboxylic acids is 1. The molecule has 0 unspecified atom stereocenters. The second-order valence-corrected chi connectivity index (χ2v) is 6.32. The van der Waals surface area contributed by atoms with Crippen molar-refractivity contribution in [1.29, 1.82) is 0 Å². The largest absolute Gasteiger partial charge is 0.478 e. The summed E-state index contributed by atoms with van der Waals surface area (Å²) in [6.07, 6.45) is 0. The third-order valence-corrected chi connectivity index (χ3v) is 4.05. The molecule has 1 N–H and O–H groups in total. The van der Waals surface area contributed by atoms with Gasteiger partial charge in [0.15, 0.2) is 0 Å². The van der Waals surface area contributed by atoms with Crippen LogP contribution in [0.25, 0.3) is 10.2 Å². The van der Waals surface area contributed by atoms with Crippen LogP contribution < -0.4 is 0 Å². The molecule has 5 heteroatoms. The van der Waals surface area contributed by atoms with Crippen molar-refractivity contribution >= 4 is 39.1 Å². The Morgan fingerprint density at radius 2 is 2.06 bits per heavy atom. The van der Waals surface area contributed by atoms with Crippen molar-refractivity contribution in [3.8, 4) is 0 Å². The molecule has 2 aromatic rings. The van der Waals surface area contributed by atoms with E-state index in [9.17, 15) is 4.79 Å². The van der Waals surface area contributed by atoms with E-state index in [0.717, 1.165) is 9.71 Å². The van der Waals surface area contributed by atoms with Gasteiger partial charge in [0.25, 0.3) is 0 Å². The Kier molecular flexibility index (Phi) is 2.87. The summed E-state index contributed by atoms with van der Waals surface area (Å²) < 4.78 is 0.819. The second kappa shape index (κ2) is 3.96. The van der Waals surface area contributed by atoms with Gasteiger partial charge in [-0.2, -0.15) is 0 Å². The van der Waals surface area contributed by atoms with Crippen molar-refractivity contribution in [2.45, 2.75) is 26.2 Å². The highest BCUT2D eigenvalue weighted by atomic mass is 35.5. The minimum Gasteiger partial charge on any atom is -0.478 e. The number of carbonyl (C=O) groups is 1. The van der Waals surface area contributed by atoms with Crippen molar-refractivity contribution in [1.82, 2.24) is 4.98 Å². The van der Waals surface area contributed by atoms with Crippen molar-refractivity contribution in [2.24, 2.45) is 0 Å². The second-order valence-electron chi connectivity index (χ2n) is 4.88. The number of rotatable bonds is 1. The van der Waals surface area contributed by atoms with Crippen LogP contribution in [-0.2, 0) is 5.41 Å². The highest BCUT2D eigenvalue weighted by Crippen LogP contribution is 2.35. The molecule has 0 amide bonds. The quantitative estimate of drug-likeness (QED) is 0.853. The van der Waals surface area contributed by atoms with Crippen LogP contribution in [0.4, 0.5) is 0 Å². The van der Waals surface area contributed by atoms with Crippen LogP contribution in [0.3, 0.4) is 0 Å². The Balaban J connectivity index is 2.69. The van der Waals surface area contributed by atoms with Gasteiger partial charge in [-0.05, 0) is 12.1 Å². The molecule has 3 nitrogen and oxygen atoms in total. The minimum absolute atomic E-state index is 0.0591. The maximum absolute atomic E-state index is 10.9. The topological polar surface area (TPSA) is 50.2 Å². The summed E-state index contributed by atoms with van der Waals surface area (Å²) >= 11 is 7.54. The predicted octanol–water partition coefficient (Wildman–Crippen LogP) is 3.95. The molecule has 0 saturated heterocycles. The van der Waals surface area contributed by atoms with Gasteiger partial charge in [-0.1, -0.05) is 32.4 Å². The van der Waals surface area contributed by atoms with Gasteiger partial charge >= 0.3 is 5.97 Å². The Hall–Kier alpha value is -1.13. The van der Waals surface area contributed by atoms with Crippen molar-refractivity contribution in [2.75, 3.05) is 0 Å². The molecular weight excluding hydrogens is 258 g/mol. The number of halogens is 1. The zero-order valence-electron chi connectivity index (χ0n) is 9.74. The summed E-state index contributed by atoms with van der Waals surface area (Å²) in [7, 11) is 0. The molecule has 1 aromatic heterocycles. The van der Waals surface area contributed by atoms with E-state index in [-0.39, 0.29) is 11.0 Å². The summed E-state index contributed by atoms with van der Waals surface area (Å²) in [6, 6.07) is 3.06. The fourth-order valence-corrected chi connectivity index (χ4v) is 2.84. The van der Waals surface area contributed by atoms with E-state index in [4.69, 9.17) is 16.7 Å². The first kappa shape index (κ1) is 12.3. The molecule has 0 aliphatic rings. The molecule has 2 rings (SSSR count). The first-order valence-corrected chi connectivity index (χ1v) is 6.32. The number of thiazole rings is 1. The molecule has 0 radical (unpaired) electrons. The number of hydrogen-bond donors (Lipinski definition) is 1. The monoisotopic (exact) mass is 269 g/mol. The summed E-state index contributed by atoms with van der Waals surface area (Å²) in [5, 5.41) is 10.3. The summed E-state index contributed by atoms with van der Waals surface area (Å²) in [4.78, 5) is 15.4. The van der Waals surface area contributed by atoms with Crippen LogP contribution in [0.15, 0.2) is 12.1 Å². The lowest BCUT2D eigenvalue weighted by Gasteiger charge is -2.13. The Morgan fingerprint density at radius 1 is 1.41 bits per heavy atom. The van der Waals surface area contributed by atoms with Gasteiger partial charge in [-0.3, -0.25) is 0 Å². The number of nitrogens with zero attached hydrogens (tertiary/aromatic N) is 1. The molecule has 0 fully saturated rings. The lowest BCUT2D eigenvalue weighted by Crippen LogP contribution is -2.09. The smallest absolute Gasteiger partial charge is 0.335 e. The van der Waals surface area contributed by atoms with Gasteiger partial charge in [0.05, 0.1) is 20.3 Å². The molecule has 0 aliphatic heterocycles. The van der Waals surface area contributed by atoms with Gasteiger partial charge in [-0.25, -0.2) is 9.78 Å².